The summed E-state index contributed by atoms with van der Waals surface area (Å²) in [6, 6.07) is 61.8. The third kappa shape index (κ3) is 9.22. The third-order valence-electron chi connectivity index (χ3n) is 13.0. The molecule has 0 saturated heterocycles. The predicted molar refractivity (Wildman–Crippen MR) is 290 cm³/mol. The molecule has 0 unspecified atom stereocenters. The quantitative estimate of drug-likeness (QED) is 0.118. The zero-order chi connectivity index (χ0) is 49.1. The standard InChI is InChI=1S/C46H34FN2O.C17H22NSi.Ir/c1-28-18-21-35-36-16-11-17-37(44(36)50-41(35)24-28)45-48-42-34-22-20-33(47)25-31(34)19-23-40(42)49(45)43-38(29-12-7-5-8-13-29)26-32(46(2,3)4)27-39(43)30-14-9-6-10-15-30;1-13(2)15-11-16(14-9-7-6-8-10-14)18-12-17(15)19(3,4)5;/h5-16,18-27H,1-4H3;6-9,11-13H,1-5H3;/q2*-1;/i;13D;. The van der Waals surface area contributed by atoms with Crippen LogP contribution in [-0.4, -0.2) is 22.6 Å². The van der Waals surface area contributed by atoms with Crippen molar-refractivity contribution in [3.63, 3.8) is 0 Å². The number of halogens is 1. The molecule has 0 aliphatic carbocycles. The Hall–Kier alpha value is -6.76. The first-order chi connectivity index (χ1) is 33.4. The van der Waals surface area contributed by atoms with E-state index in [1.807, 2.05) is 62.5 Å². The van der Waals surface area contributed by atoms with E-state index in [9.17, 15) is 4.39 Å². The van der Waals surface area contributed by atoms with Gasteiger partial charge < -0.3 is 14.0 Å². The van der Waals surface area contributed by atoms with E-state index in [-0.39, 0.29) is 31.3 Å². The van der Waals surface area contributed by atoms with Gasteiger partial charge in [-0.05, 0) is 99.2 Å². The molecule has 0 N–H and O–H groups in total. The van der Waals surface area contributed by atoms with Crippen molar-refractivity contribution < 1.29 is 30.3 Å². The monoisotopic (exact) mass is 1110 g/mol. The average Bonchev–Trinajstić information content (AvgIpc) is 3.92. The van der Waals surface area contributed by atoms with Crippen LogP contribution >= 0.6 is 0 Å². The van der Waals surface area contributed by atoms with E-state index in [0.29, 0.717) is 5.82 Å². The van der Waals surface area contributed by atoms with Crippen LogP contribution in [0.3, 0.4) is 0 Å². The molecule has 8 aromatic carbocycles. The minimum absolute atomic E-state index is 0. The van der Waals surface area contributed by atoms with Crippen molar-refractivity contribution in [2.24, 2.45) is 0 Å². The summed E-state index contributed by atoms with van der Waals surface area (Å²) in [7, 11) is -1.50. The molecule has 0 bridgehead atoms. The molecule has 0 aliphatic heterocycles. The molecule has 70 heavy (non-hydrogen) atoms. The summed E-state index contributed by atoms with van der Waals surface area (Å²) in [5.74, 6) is -0.180. The molecule has 351 valence electrons. The molecule has 1 radical (unpaired) electrons. The van der Waals surface area contributed by atoms with Crippen LogP contribution in [0.5, 0.6) is 0 Å². The molecular formula is C63H56FIrN3OSi-2. The first-order valence-electron chi connectivity index (χ1n) is 24.2. The Morgan fingerprint density at radius 3 is 2.01 bits per heavy atom. The predicted octanol–water partition coefficient (Wildman–Crippen LogP) is 16.8. The minimum Gasteiger partial charge on any atom is -0.501 e. The molecular weight excluding hydrogens is 1050 g/mol. The molecule has 0 saturated carbocycles. The van der Waals surface area contributed by atoms with Crippen molar-refractivity contribution in [3.05, 3.63) is 205 Å². The molecule has 0 atom stereocenters. The number of benzene rings is 8. The normalized spacial score (nSPS) is 12.2. The van der Waals surface area contributed by atoms with Crippen LogP contribution in [0, 0.1) is 24.9 Å². The van der Waals surface area contributed by atoms with E-state index in [2.05, 4.69) is 178 Å². The van der Waals surface area contributed by atoms with Gasteiger partial charge in [0.25, 0.3) is 0 Å². The van der Waals surface area contributed by atoms with Gasteiger partial charge in [-0.15, -0.1) is 54.1 Å². The van der Waals surface area contributed by atoms with Gasteiger partial charge in [-0.1, -0.05) is 156 Å². The van der Waals surface area contributed by atoms with E-state index in [4.69, 9.17) is 10.8 Å². The number of furan rings is 1. The maximum Gasteiger partial charge on any atom is 0.123 e. The van der Waals surface area contributed by atoms with Gasteiger partial charge in [0, 0.05) is 49.6 Å². The minimum atomic E-state index is -1.50. The zero-order valence-electron chi connectivity index (χ0n) is 42.1. The molecule has 0 aliphatic rings. The maximum atomic E-state index is 14.5. The van der Waals surface area contributed by atoms with Crippen molar-refractivity contribution in [2.75, 3.05) is 0 Å². The molecule has 3 aromatic heterocycles. The van der Waals surface area contributed by atoms with Gasteiger partial charge in [0.05, 0.1) is 36.2 Å². The zero-order valence-corrected chi connectivity index (χ0v) is 44.5. The Labute approximate surface area is 427 Å². The molecule has 0 amide bonds. The summed E-state index contributed by atoms with van der Waals surface area (Å²) in [5.41, 5.74) is 14.6. The number of pyridine rings is 1. The van der Waals surface area contributed by atoms with Gasteiger partial charge >= 0.3 is 0 Å². The van der Waals surface area contributed by atoms with Crippen LogP contribution in [0.1, 0.15) is 58.6 Å². The summed E-state index contributed by atoms with van der Waals surface area (Å²) in [6.07, 6.45) is 1.98. The van der Waals surface area contributed by atoms with E-state index in [0.717, 1.165) is 99.6 Å². The largest absolute Gasteiger partial charge is 0.501 e. The SMILES string of the molecule is Cc1ccc2c(c1)oc1c(-c3nc4c5ccc(F)cc5ccc4n3-c3c(-c4ccccc4)cc(C(C)(C)C)cc3-c3ccccc3)[c-]ccc12.[2H]C(C)(C)c1cc(-c2[c-]cccc2)ncc1[Si](C)(C)C.[Ir]. The van der Waals surface area contributed by atoms with Crippen molar-refractivity contribution in [3.8, 4) is 50.6 Å². The Balaban J connectivity index is 0.000000251. The number of hydrogen-bond donors (Lipinski definition) is 0. The van der Waals surface area contributed by atoms with Gasteiger partial charge in [0.15, 0.2) is 0 Å². The summed E-state index contributed by atoms with van der Waals surface area (Å²) in [6.45, 7) is 19.6. The van der Waals surface area contributed by atoms with Crippen LogP contribution in [0.15, 0.2) is 174 Å². The van der Waals surface area contributed by atoms with Crippen molar-refractivity contribution in [1.82, 2.24) is 14.5 Å². The van der Waals surface area contributed by atoms with Crippen LogP contribution < -0.4 is 5.19 Å². The number of aryl methyl sites for hydroxylation is 1. The van der Waals surface area contributed by atoms with Gasteiger partial charge in [0.1, 0.15) is 11.4 Å². The van der Waals surface area contributed by atoms with E-state index in [1.165, 1.54) is 16.8 Å². The van der Waals surface area contributed by atoms with Crippen molar-refractivity contribution >= 4 is 57.0 Å². The fraction of sp³-hybridized carbons (Fsp3) is 0.175. The van der Waals surface area contributed by atoms with Crippen LogP contribution in [-0.2, 0) is 25.5 Å². The summed E-state index contributed by atoms with van der Waals surface area (Å²) >= 11 is 0. The second kappa shape index (κ2) is 19.2. The summed E-state index contributed by atoms with van der Waals surface area (Å²) in [5, 5.41) is 5.01. The molecule has 0 fully saturated rings. The third-order valence-corrected chi connectivity index (χ3v) is 15.0. The first-order valence-corrected chi connectivity index (χ1v) is 27.2. The molecule has 11 aromatic rings. The number of nitrogens with zero attached hydrogens (tertiary/aromatic N) is 3. The summed E-state index contributed by atoms with van der Waals surface area (Å²) in [4.78, 5) is 10.1. The Morgan fingerprint density at radius 1 is 0.714 bits per heavy atom. The van der Waals surface area contributed by atoms with E-state index >= 15 is 0 Å². The van der Waals surface area contributed by atoms with Gasteiger partial charge in [0.2, 0.25) is 0 Å². The van der Waals surface area contributed by atoms with Gasteiger partial charge in [-0.2, -0.15) is 0 Å². The first kappa shape index (κ1) is 46.9. The number of rotatable bonds is 7. The fourth-order valence-corrected chi connectivity index (χ4v) is 11.0. The van der Waals surface area contributed by atoms with Crippen molar-refractivity contribution in [2.45, 2.75) is 72.5 Å². The average molecular weight is 1110 g/mol. The Morgan fingerprint density at radius 2 is 1.39 bits per heavy atom. The Bertz CT molecular complexity index is 3680. The Kier molecular flexibility index (Phi) is 12.9. The van der Waals surface area contributed by atoms with Crippen LogP contribution in [0.4, 0.5) is 4.39 Å². The molecule has 11 rings (SSSR count). The van der Waals surface area contributed by atoms with E-state index < -0.39 is 14.0 Å². The van der Waals surface area contributed by atoms with Crippen LogP contribution in [0.25, 0.3) is 94.3 Å². The molecule has 0 spiro atoms. The molecule has 7 heteroatoms. The van der Waals surface area contributed by atoms with E-state index in [1.54, 1.807) is 6.07 Å². The topological polar surface area (TPSA) is 43.9 Å². The van der Waals surface area contributed by atoms with Gasteiger partial charge in [-0.25, -0.2) is 4.39 Å². The summed E-state index contributed by atoms with van der Waals surface area (Å²) < 4.78 is 31.9. The fourth-order valence-electron chi connectivity index (χ4n) is 9.40. The smallest absolute Gasteiger partial charge is 0.123 e. The number of aromatic nitrogens is 3. The maximum absolute atomic E-state index is 14.5. The second-order valence-corrected chi connectivity index (χ2v) is 25.3. The number of imidazole rings is 1. The van der Waals surface area contributed by atoms with Gasteiger partial charge in [-0.3, -0.25) is 4.98 Å². The van der Waals surface area contributed by atoms with Crippen LogP contribution in [0.2, 0.25) is 19.6 Å². The second-order valence-electron chi connectivity index (χ2n) is 20.3. The van der Waals surface area contributed by atoms with Crippen molar-refractivity contribution in [1.29, 1.82) is 0 Å². The molecule has 3 heterocycles. The number of hydrogen-bond acceptors (Lipinski definition) is 3. The number of fused-ring (bicyclic) bond motifs is 6. The molecule has 4 nitrogen and oxygen atoms in total.